The molecule has 7 heteroatoms. The summed E-state index contributed by atoms with van der Waals surface area (Å²) in [6.07, 6.45) is 9.26. The largest absolute Gasteiger partial charge is 0.461 e. The van der Waals surface area contributed by atoms with E-state index in [-0.39, 0.29) is 30.2 Å². The Kier molecular flexibility index (Phi) is 6.80. The second-order valence-electron chi connectivity index (χ2n) is 8.47. The number of nitrogens with one attached hydrogen (secondary N) is 2. The summed E-state index contributed by atoms with van der Waals surface area (Å²) in [5, 5.41) is 7.00. The van der Waals surface area contributed by atoms with Gasteiger partial charge in [0.2, 0.25) is 11.8 Å². The van der Waals surface area contributed by atoms with Crippen LogP contribution in [0.4, 0.5) is 5.69 Å². The summed E-state index contributed by atoms with van der Waals surface area (Å²) in [5.74, 6) is 0.376. The standard InChI is InChI=1S/C25H28ClN3O3/c1-15-16(2)32-23-12-21(22(11-20(15)23)29-25(31)13-26)19-8-9-27-14-17(19)10-24(30)28-18-6-4-3-5-7-18/h8-9,11-12,14,18H,3-7,10,13H2,1-2H3,(H,28,30)(H,29,31). The monoisotopic (exact) mass is 453 g/mol. The molecule has 2 amide bonds. The minimum Gasteiger partial charge on any atom is -0.461 e. The molecule has 0 spiro atoms. The second-order valence-corrected chi connectivity index (χ2v) is 8.74. The molecule has 1 aromatic carbocycles. The van der Waals surface area contributed by atoms with Crippen molar-refractivity contribution >= 4 is 40.1 Å². The lowest BCUT2D eigenvalue weighted by molar-refractivity contribution is -0.121. The molecule has 0 bridgehead atoms. The number of hydrogen-bond acceptors (Lipinski definition) is 4. The maximum absolute atomic E-state index is 12.8. The van der Waals surface area contributed by atoms with Crippen LogP contribution < -0.4 is 10.6 Å². The van der Waals surface area contributed by atoms with Crippen LogP contribution in [0.1, 0.15) is 49.0 Å². The number of rotatable bonds is 6. The first-order valence-electron chi connectivity index (χ1n) is 11.1. The zero-order chi connectivity index (χ0) is 22.7. The number of anilines is 1. The molecule has 32 heavy (non-hydrogen) atoms. The number of halogens is 1. The predicted molar refractivity (Wildman–Crippen MR) is 127 cm³/mol. The molecule has 6 nitrogen and oxygen atoms in total. The van der Waals surface area contributed by atoms with Gasteiger partial charge in [-0.15, -0.1) is 11.6 Å². The fourth-order valence-corrected chi connectivity index (χ4v) is 4.49. The van der Waals surface area contributed by atoms with E-state index in [0.29, 0.717) is 5.69 Å². The first kappa shape index (κ1) is 22.3. The van der Waals surface area contributed by atoms with Crippen molar-refractivity contribution in [3.8, 4) is 11.1 Å². The van der Waals surface area contributed by atoms with Crippen LogP contribution >= 0.6 is 11.6 Å². The molecule has 0 radical (unpaired) electrons. The van der Waals surface area contributed by atoms with Gasteiger partial charge in [-0.2, -0.15) is 0 Å². The maximum Gasteiger partial charge on any atom is 0.239 e. The van der Waals surface area contributed by atoms with E-state index in [0.717, 1.165) is 64.7 Å². The lowest BCUT2D eigenvalue weighted by Gasteiger charge is -2.23. The summed E-state index contributed by atoms with van der Waals surface area (Å²) < 4.78 is 5.93. The normalized spacial score (nSPS) is 14.5. The Morgan fingerprint density at radius 3 is 2.66 bits per heavy atom. The highest BCUT2D eigenvalue weighted by Crippen LogP contribution is 2.37. The van der Waals surface area contributed by atoms with Crippen molar-refractivity contribution in [2.75, 3.05) is 11.2 Å². The number of carbonyl (C=O) groups excluding carboxylic acids is 2. The average Bonchev–Trinajstić information content (AvgIpc) is 3.07. The number of furan rings is 1. The van der Waals surface area contributed by atoms with Crippen molar-refractivity contribution in [2.24, 2.45) is 0 Å². The third-order valence-electron chi connectivity index (χ3n) is 6.23. The van der Waals surface area contributed by atoms with Gasteiger partial charge in [-0.1, -0.05) is 19.3 Å². The number of benzene rings is 1. The van der Waals surface area contributed by atoms with E-state index < -0.39 is 0 Å². The van der Waals surface area contributed by atoms with E-state index in [9.17, 15) is 9.59 Å². The molecule has 1 aliphatic carbocycles. The summed E-state index contributed by atoms with van der Waals surface area (Å²) in [4.78, 5) is 29.2. The molecule has 1 aliphatic rings. The molecular formula is C25H28ClN3O3. The molecule has 3 aromatic rings. The molecule has 0 aliphatic heterocycles. The smallest absolute Gasteiger partial charge is 0.239 e. The Morgan fingerprint density at radius 2 is 1.91 bits per heavy atom. The Balaban J connectivity index is 1.70. The van der Waals surface area contributed by atoms with Crippen LogP contribution in [0, 0.1) is 13.8 Å². The van der Waals surface area contributed by atoms with Crippen molar-refractivity contribution in [2.45, 2.75) is 58.4 Å². The Morgan fingerprint density at radius 1 is 1.12 bits per heavy atom. The van der Waals surface area contributed by atoms with Crippen LogP contribution in [0.25, 0.3) is 22.1 Å². The number of amides is 2. The number of nitrogens with zero attached hydrogens (tertiary/aromatic N) is 1. The average molecular weight is 454 g/mol. The van der Waals surface area contributed by atoms with Crippen molar-refractivity contribution in [1.82, 2.24) is 10.3 Å². The lowest BCUT2D eigenvalue weighted by Crippen LogP contribution is -2.37. The zero-order valence-electron chi connectivity index (χ0n) is 18.5. The van der Waals surface area contributed by atoms with E-state index in [4.69, 9.17) is 16.0 Å². The van der Waals surface area contributed by atoms with Crippen molar-refractivity contribution in [3.05, 3.63) is 47.5 Å². The molecule has 4 rings (SSSR count). The van der Waals surface area contributed by atoms with Gasteiger partial charge in [0.25, 0.3) is 0 Å². The highest BCUT2D eigenvalue weighted by atomic mass is 35.5. The molecule has 2 aromatic heterocycles. The minimum absolute atomic E-state index is 0.0109. The predicted octanol–water partition coefficient (Wildman–Crippen LogP) is 5.28. The molecule has 0 unspecified atom stereocenters. The van der Waals surface area contributed by atoms with Crippen LogP contribution in [0.3, 0.4) is 0 Å². The Labute approximate surface area is 192 Å². The highest BCUT2D eigenvalue weighted by molar-refractivity contribution is 6.29. The van der Waals surface area contributed by atoms with Crippen molar-refractivity contribution in [3.63, 3.8) is 0 Å². The summed E-state index contributed by atoms with van der Waals surface area (Å²) in [7, 11) is 0. The lowest BCUT2D eigenvalue weighted by atomic mass is 9.94. The molecule has 2 N–H and O–H groups in total. The van der Waals surface area contributed by atoms with Gasteiger partial charge >= 0.3 is 0 Å². The second kappa shape index (κ2) is 9.74. The van der Waals surface area contributed by atoms with E-state index in [1.54, 1.807) is 12.4 Å². The van der Waals surface area contributed by atoms with Gasteiger partial charge in [0.1, 0.15) is 17.2 Å². The third-order valence-corrected chi connectivity index (χ3v) is 6.47. The topological polar surface area (TPSA) is 84.2 Å². The van der Waals surface area contributed by atoms with Gasteiger partial charge in [0.05, 0.1) is 6.42 Å². The zero-order valence-corrected chi connectivity index (χ0v) is 19.2. The van der Waals surface area contributed by atoms with Gasteiger partial charge < -0.3 is 15.1 Å². The number of aryl methyl sites for hydroxylation is 2. The summed E-state index contributed by atoms with van der Waals surface area (Å²) in [6, 6.07) is 5.94. The van der Waals surface area contributed by atoms with Gasteiger partial charge in [-0.3, -0.25) is 14.6 Å². The maximum atomic E-state index is 12.8. The van der Waals surface area contributed by atoms with Crippen LogP contribution in [0.5, 0.6) is 0 Å². The molecule has 1 saturated carbocycles. The quantitative estimate of drug-likeness (QED) is 0.497. The van der Waals surface area contributed by atoms with E-state index >= 15 is 0 Å². The number of fused-ring (bicyclic) bond motifs is 1. The van der Waals surface area contributed by atoms with Gasteiger partial charge in [-0.05, 0) is 61.6 Å². The molecule has 0 saturated heterocycles. The van der Waals surface area contributed by atoms with Crippen LogP contribution in [0.15, 0.2) is 35.0 Å². The van der Waals surface area contributed by atoms with E-state index in [1.807, 2.05) is 32.0 Å². The molecular weight excluding hydrogens is 426 g/mol. The Bertz CT molecular complexity index is 1150. The fraction of sp³-hybridized carbons (Fsp3) is 0.400. The van der Waals surface area contributed by atoms with Crippen LogP contribution in [-0.2, 0) is 16.0 Å². The highest BCUT2D eigenvalue weighted by Gasteiger charge is 2.20. The van der Waals surface area contributed by atoms with Gasteiger partial charge in [0, 0.05) is 35.1 Å². The van der Waals surface area contributed by atoms with Crippen molar-refractivity contribution in [1.29, 1.82) is 0 Å². The third kappa shape index (κ3) is 4.80. The van der Waals surface area contributed by atoms with Crippen molar-refractivity contribution < 1.29 is 14.0 Å². The SMILES string of the molecule is Cc1oc2cc(-c3ccncc3CC(=O)NC3CCCCC3)c(NC(=O)CCl)cc2c1C. The number of carbonyl (C=O) groups is 2. The minimum atomic E-state index is -0.296. The summed E-state index contributed by atoms with van der Waals surface area (Å²) >= 11 is 5.75. The number of hydrogen-bond donors (Lipinski definition) is 2. The van der Waals surface area contributed by atoms with E-state index in [2.05, 4.69) is 15.6 Å². The van der Waals surface area contributed by atoms with E-state index in [1.165, 1.54) is 6.42 Å². The molecule has 168 valence electrons. The van der Waals surface area contributed by atoms with Gasteiger partial charge in [0.15, 0.2) is 0 Å². The number of alkyl halides is 1. The summed E-state index contributed by atoms with van der Waals surface area (Å²) in [5.41, 5.74) is 4.78. The molecule has 0 atom stereocenters. The number of pyridine rings is 1. The molecule has 1 fully saturated rings. The van der Waals surface area contributed by atoms with Gasteiger partial charge in [-0.25, -0.2) is 0 Å². The first-order valence-corrected chi connectivity index (χ1v) is 11.6. The van der Waals surface area contributed by atoms with Crippen LogP contribution in [-0.4, -0.2) is 28.7 Å². The van der Waals surface area contributed by atoms with Crippen LogP contribution in [0.2, 0.25) is 0 Å². The summed E-state index contributed by atoms with van der Waals surface area (Å²) in [6.45, 7) is 3.90. The Hall–Kier alpha value is -2.86. The number of aromatic nitrogens is 1. The molecule has 2 heterocycles. The fourth-order valence-electron chi connectivity index (χ4n) is 4.43. The first-order chi connectivity index (χ1) is 15.5.